The molecule has 0 radical (unpaired) electrons. The van der Waals surface area contributed by atoms with Crippen LogP contribution in [0.4, 0.5) is 0 Å². The topological polar surface area (TPSA) is 59.8 Å². The summed E-state index contributed by atoms with van der Waals surface area (Å²) < 4.78 is 1.67. The number of carbonyl (C=O) groups excluding carboxylic acids is 1. The number of nitrogens with zero attached hydrogens (tertiary/aromatic N) is 3. The molecule has 1 amide bonds. The summed E-state index contributed by atoms with van der Waals surface area (Å²) in [6.45, 7) is 4.90. The molecule has 0 aliphatic carbocycles. The fourth-order valence-electron chi connectivity index (χ4n) is 2.04. The summed E-state index contributed by atoms with van der Waals surface area (Å²) in [6, 6.07) is 4.21. The molecule has 2 aromatic heterocycles. The Morgan fingerprint density at radius 2 is 2.35 bits per heavy atom. The fraction of sp³-hybridized carbons (Fsp3) is 0.500. The van der Waals surface area contributed by atoms with Gasteiger partial charge in [0.15, 0.2) is 0 Å². The average Bonchev–Trinajstić information content (AvgIpc) is 3.08. The van der Waals surface area contributed by atoms with E-state index in [2.05, 4.69) is 35.3 Å². The Bertz CT molecular complexity index is 507. The normalized spacial score (nSPS) is 12.6. The van der Waals surface area contributed by atoms with Crippen LogP contribution in [0.2, 0.25) is 0 Å². The van der Waals surface area contributed by atoms with Crippen LogP contribution in [0, 0.1) is 5.92 Å². The van der Waals surface area contributed by atoms with Crippen molar-refractivity contribution in [2.45, 2.75) is 39.3 Å². The van der Waals surface area contributed by atoms with E-state index in [0.29, 0.717) is 18.9 Å². The molecule has 0 aliphatic heterocycles. The van der Waals surface area contributed by atoms with Gasteiger partial charge in [-0.05, 0) is 23.8 Å². The molecule has 0 spiro atoms. The van der Waals surface area contributed by atoms with E-state index >= 15 is 0 Å². The van der Waals surface area contributed by atoms with E-state index < -0.39 is 0 Å². The quantitative estimate of drug-likeness (QED) is 0.853. The molecular weight excluding hydrogens is 272 g/mol. The Balaban J connectivity index is 1.88. The maximum Gasteiger partial charge on any atom is 0.222 e. The van der Waals surface area contributed by atoms with Crippen LogP contribution in [0.1, 0.15) is 37.6 Å². The van der Waals surface area contributed by atoms with Gasteiger partial charge in [0.2, 0.25) is 5.91 Å². The molecule has 0 saturated carbocycles. The van der Waals surface area contributed by atoms with Crippen molar-refractivity contribution >= 4 is 17.2 Å². The first kappa shape index (κ1) is 14.7. The monoisotopic (exact) mass is 292 g/mol. The lowest BCUT2D eigenvalue weighted by atomic mass is 10.0. The number of aryl methyl sites for hydroxylation is 1. The van der Waals surface area contributed by atoms with Crippen LogP contribution in [0.3, 0.4) is 0 Å². The van der Waals surface area contributed by atoms with Crippen LogP contribution < -0.4 is 5.32 Å². The second-order valence-corrected chi connectivity index (χ2v) is 6.15. The molecule has 0 unspecified atom stereocenters. The maximum atomic E-state index is 12.1. The van der Waals surface area contributed by atoms with Gasteiger partial charge in [0.25, 0.3) is 0 Å². The van der Waals surface area contributed by atoms with Gasteiger partial charge >= 0.3 is 0 Å². The third-order valence-corrected chi connectivity index (χ3v) is 3.95. The van der Waals surface area contributed by atoms with Crippen LogP contribution >= 0.6 is 11.3 Å². The number of rotatable bonds is 7. The minimum atomic E-state index is 0.0551. The van der Waals surface area contributed by atoms with Crippen molar-refractivity contribution in [3.63, 3.8) is 0 Å². The molecule has 0 aromatic carbocycles. The molecular formula is C14H20N4OS. The highest BCUT2D eigenvalue weighted by Crippen LogP contribution is 2.25. The molecule has 2 rings (SSSR count). The van der Waals surface area contributed by atoms with E-state index in [0.717, 1.165) is 6.42 Å². The maximum absolute atomic E-state index is 12.1. The molecule has 108 valence electrons. The van der Waals surface area contributed by atoms with E-state index in [9.17, 15) is 4.79 Å². The molecule has 1 N–H and O–H groups in total. The summed E-state index contributed by atoms with van der Waals surface area (Å²) in [4.78, 5) is 17.1. The number of carbonyl (C=O) groups is 1. The predicted octanol–water partition coefficient (Wildman–Crippen LogP) is 2.63. The second-order valence-electron chi connectivity index (χ2n) is 5.17. The Morgan fingerprint density at radius 3 is 2.95 bits per heavy atom. The van der Waals surface area contributed by atoms with Crippen molar-refractivity contribution in [3.8, 4) is 0 Å². The van der Waals surface area contributed by atoms with Gasteiger partial charge in [0.05, 0.1) is 12.6 Å². The van der Waals surface area contributed by atoms with Gasteiger partial charge in [-0.25, -0.2) is 4.98 Å². The highest BCUT2D eigenvalue weighted by molar-refractivity contribution is 7.10. The SMILES string of the molecule is CC(C)C[C@@H](NC(=O)CCn1cncn1)c1cccs1. The van der Waals surface area contributed by atoms with Crippen LogP contribution in [0.5, 0.6) is 0 Å². The smallest absolute Gasteiger partial charge is 0.222 e. The van der Waals surface area contributed by atoms with Gasteiger partial charge in [-0.3, -0.25) is 9.48 Å². The molecule has 2 aromatic rings. The van der Waals surface area contributed by atoms with Crippen molar-refractivity contribution in [2.24, 2.45) is 5.92 Å². The Morgan fingerprint density at radius 1 is 1.50 bits per heavy atom. The minimum absolute atomic E-state index is 0.0551. The van der Waals surface area contributed by atoms with E-state index in [-0.39, 0.29) is 11.9 Å². The van der Waals surface area contributed by atoms with Crippen LogP contribution in [-0.2, 0) is 11.3 Å². The van der Waals surface area contributed by atoms with Gasteiger partial charge in [0.1, 0.15) is 12.7 Å². The summed E-state index contributed by atoms with van der Waals surface area (Å²) >= 11 is 1.69. The van der Waals surface area contributed by atoms with Crippen LogP contribution in [-0.4, -0.2) is 20.7 Å². The van der Waals surface area contributed by atoms with Gasteiger partial charge in [0, 0.05) is 11.3 Å². The minimum Gasteiger partial charge on any atom is -0.348 e. The molecule has 0 saturated heterocycles. The molecule has 0 aliphatic rings. The van der Waals surface area contributed by atoms with Gasteiger partial charge < -0.3 is 5.32 Å². The van der Waals surface area contributed by atoms with Crippen molar-refractivity contribution in [3.05, 3.63) is 35.0 Å². The zero-order valence-corrected chi connectivity index (χ0v) is 12.6. The summed E-state index contributed by atoms with van der Waals surface area (Å²) in [5, 5.41) is 9.16. The zero-order valence-electron chi connectivity index (χ0n) is 11.8. The summed E-state index contributed by atoms with van der Waals surface area (Å²) in [5.41, 5.74) is 0. The Kier molecular flexibility index (Phi) is 5.29. The molecule has 2 heterocycles. The fourth-order valence-corrected chi connectivity index (χ4v) is 2.83. The first-order chi connectivity index (χ1) is 9.65. The van der Waals surface area contributed by atoms with Crippen molar-refractivity contribution in [1.29, 1.82) is 0 Å². The standard InChI is InChI=1S/C14H20N4OS/c1-11(2)8-12(13-4-3-7-20-13)17-14(19)5-6-18-10-15-9-16-18/h3-4,7,9-12H,5-6,8H2,1-2H3,(H,17,19)/t12-/m1/s1. The number of nitrogens with one attached hydrogen (secondary N) is 1. The predicted molar refractivity (Wildman–Crippen MR) is 79.3 cm³/mol. The lowest BCUT2D eigenvalue weighted by molar-refractivity contribution is -0.122. The molecule has 0 fully saturated rings. The number of amides is 1. The average molecular weight is 292 g/mol. The Hall–Kier alpha value is -1.69. The van der Waals surface area contributed by atoms with Gasteiger partial charge in [-0.1, -0.05) is 19.9 Å². The van der Waals surface area contributed by atoms with Gasteiger partial charge in [-0.2, -0.15) is 5.10 Å². The molecule has 20 heavy (non-hydrogen) atoms. The highest BCUT2D eigenvalue weighted by atomic mass is 32.1. The largest absolute Gasteiger partial charge is 0.348 e. The van der Waals surface area contributed by atoms with E-state index in [1.807, 2.05) is 11.4 Å². The number of aromatic nitrogens is 3. The second kappa shape index (κ2) is 7.19. The highest BCUT2D eigenvalue weighted by Gasteiger charge is 2.16. The number of hydrogen-bond donors (Lipinski definition) is 1. The third kappa shape index (κ3) is 4.45. The zero-order chi connectivity index (χ0) is 14.4. The summed E-state index contributed by atoms with van der Waals surface area (Å²) in [6.07, 6.45) is 4.47. The van der Waals surface area contributed by atoms with E-state index in [1.54, 1.807) is 22.3 Å². The third-order valence-electron chi connectivity index (χ3n) is 2.96. The first-order valence-electron chi connectivity index (χ1n) is 6.80. The number of hydrogen-bond acceptors (Lipinski definition) is 4. The van der Waals surface area contributed by atoms with Crippen molar-refractivity contribution in [2.75, 3.05) is 0 Å². The summed E-state index contributed by atoms with van der Waals surface area (Å²) in [7, 11) is 0. The van der Waals surface area contributed by atoms with Crippen LogP contribution in [0.25, 0.3) is 0 Å². The Labute approximate surface area is 123 Å². The molecule has 1 atom stereocenters. The summed E-state index contributed by atoms with van der Waals surface area (Å²) in [5.74, 6) is 0.595. The van der Waals surface area contributed by atoms with E-state index in [4.69, 9.17) is 0 Å². The lowest BCUT2D eigenvalue weighted by Gasteiger charge is -2.19. The molecule has 5 nitrogen and oxygen atoms in total. The molecule has 0 bridgehead atoms. The van der Waals surface area contributed by atoms with E-state index in [1.165, 1.54) is 11.2 Å². The van der Waals surface area contributed by atoms with Crippen molar-refractivity contribution < 1.29 is 4.79 Å². The van der Waals surface area contributed by atoms with Crippen molar-refractivity contribution in [1.82, 2.24) is 20.1 Å². The van der Waals surface area contributed by atoms with Crippen LogP contribution in [0.15, 0.2) is 30.2 Å². The molecule has 6 heteroatoms. The number of thiophene rings is 1. The van der Waals surface area contributed by atoms with Gasteiger partial charge in [-0.15, -0.1) is 11.3 Å². The first-order valence-corrected chi connectivity index (χ1v) is 7.68. The lowest BCUT2D eigenvalue weighted by Crippen LogP contribution is -2.29.